The predicted molar refractivity (Wildman–Crippen MR) is 91.3 cm³/mol. The van der Waals surface area contributed by atoms with Gasteiger partial charge in [0.1, 0.15) is 11.4 Å². The lowest BCUT2D eigenvalue weighted by Gasteiger charge is -2.28. The minimum absolute atomic E-state index is 0.133. The highest BCUT2D eigenvalue weighted by atomic mass is 32.2. The van der Waals surface area contributed by atoms with Gasteiger partial charge in [0.2, 0.25) is 0 Å². The first-order chi connectivity index (χ1) is 10.8. The van der Waals surface area contributed by atoms with Crippen LogP contribution in [0.1, 0.15) is 38.8 Å². The number of benzene rings is 1. The van der Waals surface area contributed by atoms with Crippen LogP contribution in [0.4, 0.5) is 9.18 Å². The number of hydrogen-bond donors (Lipinski definition) is 1. The van der Waals surface area contributed by atoms with E-state index in [-0.39, 0.29) is 18.0 Å². The van der Waals surface area contributed by atoms with Crippen molar-refractivity contribution in [2.45, 2.75) is 43.7 Å². The molecule has 1 aliphatic heterocycles. The van der Waals surface area contributed by atoms with Crippen LogP contribution >= 0.6 is 11.8 Å². The van der Waals surface area contributed by atoms with Crippen LogP contribution in [0.3, 0.4) is 0 Å². The maximum Gasteiger partial charge on any atom is 0.410 e. The predicted octanol–water partition coefficient (Wildman–Crippen LogP) is 3.82. The van der Waals surface area contributed by atoms with Crippen molar-refractivity contribution in [2.75, 3.05) is 25.9 Å². The van der Waals surface area contributed by atoms with Crippen LogP contribution in [0.15, 0.2) is 23.1 Å². The molecule has 0 radical (unpaired) electrons. The fraction of sp³-hybridized carbons (Fsp3) is 0.588. The van der Waals surface area contributed by atoms with E-state index < -0.39 is 5.60 Å². The van der Waals surface area contributed by atoms with Crippen LogP contribution in [-0.4, -0.2) is 42.5 Å². The van der Waals surface area contributed by atoms with Crippen LogP contribution in [0.25, 0.3) is 0 Å². The molecule has 6 heteroatoms. The molecule has 1 atom stereocenters. The van der Waals surface area contributed by atoms with E-state index in [1.807, 2.05) is 26.8 Å². The Morgan fingerprint density at radius 1 is 1.48 bits per heavy atom. The van der Waals surface area contributed by atoms with Crippen molar-refractivity contribution < 1.29 is 13.9 Å². The Morgan fingerprint density at radius 2 is 2.22 bits per heavy atom. The summed E-state index contributed by atoms with van der Waals surface area (Å²) < 4.78 is 19.2. The summed E-state index contributed by atoms with van der Waals surface area (Å²) in [6.07, 6.45) is 0.627. The number of ether oxygens (including phenoxy) is 1. The molecule has 1 aromatic rings. The smallest absolute Gasteiger partial charge is 0.410 e. The summed E-state index contributed by atoms with van der Waals surface area (Å²) in [5.41, 5.74) is 0.525. The summed E-state index contributed by atoms with van der Waals surface area (Å²) in [7, 11) is 1.72. The van der Waals surface area contributed by atoms with Crippen molar-refractivity contribution in [2.24, 2.45) is 0 Å². The Labute approximate surface area is 141 Å². The zero-order chi connectivity index (χ0) is 17.0. The Morgan fingerprint density at radius 3 is 2.91 bits per heavy atom. The molecule has 23 heavy (non-hydrogen) atoms. The van der Waals surface area contributed by atoms with E-state index in [1.165, 1.54) is 6.07 Å². The molecular weight excluding hydrogens is 315 g/mol. The molecule has 0 saturated heterocycles. The molecule has 1 unspecified atom stereocenters. The third-order valence-electron chi connectivity index (χ3n) is 3.57. The number of nitrogens with zero attached hydrogens (tertiary/aromatic N) is 1. The van der Waals surface area contributed by atoms with E-state index in [4.69, 9.17) is 4.74 Å². The number of rotatable bonds is 4. The molecule has 2 rings (SSSR count). The number of nitrogens with one attached hydrogen (secondary N) is 1. The Kier molecular flexibility index (Phi) is 5.92. The van der Waals surface area contributed by atoms with Crippen LogP contribution < -0.4 is 5.32 Å². The van der Waals surface area contributed by atoms with Gasteiger partial charge in [-0.1, -0.05) is 12.1 Å². The molecule has 1 aromatic carbocycles. The van der Waals surface area contributed by atoms with Gasteiger partial charge in [0.05, 0.1) is 0 Å². The Bertz CT molecular complexity index is 560. The molecule has 128 valence electrons. The van der Waals surface area contributed by atoms with Crippen LogP contribution in [0, 0.1) is 5.82 Å². The fourth-order valence-corrected chi connectivity index (χ4v) is 3.58. The number of carbonyl (C=O) groups excluding carboxylic acids is 1. The molecule has 0 spiro atoms. The molecular formula is C17H25FN2O2S. The van der Waals surface area contributed by atoms with Gasteiger partial charge in [0.25, 0.3) is 0 Å². The van der Waals surface area contributed by atoms with Gasteiger partial charge in [-0.25, -0.2) is 9.18 Å². The van der Waals surface area contributed by atoms with E-state index in [0.29, 0.717) is 13.1 Å². The maximum atomic E-state index is 13.8. The van der Waals surface area contributed by atoms with E-state index in [2.05, 4.69) is 5.32 Å². The number of carbonyl (C=O) groups is 1. The second-order valence-electron chi connectivity index (χ2n) is 6.70. The van der Waals surface area contributed by atoms with Crippen molar-refractivity contribution >= 4 is 17.9 Å². The fourth-order valence-electron chi connectivity index (χ4n) is 2.44. The molecule has 0 aliphatic carbocycles. The van der Waals surface area contributed by atoms with Gasteiger partial charge in [-0.05, 0) is 44.6 Å². The molecule has 0 bridgehead atoms. The van der Waals surface area contributed by atoms with Crippen molar-refractivity contribution in [1.29, 1.82) is 0 Å². The van der Waals surface area contributed by atoms with E-state index in [9.17, 15) is 9.18 Å². The molecule has 1 aliphatic rings. The summed E-state index contributed by atoms with van der Waals surface area (Å²) in [6.45, 7) is 6.73. The monoisotopic (exact) mass is 340 g/mol. The van der Waals surface area contributed by atoms with Crippen molar-refractivity contribution in [3.8, 4) is 0 Å². The van der Waals surface area contributed by atoms with Crippen molar-refractivity contribution in [3.05, 3.63) is 29.6 Å². The summed E-state index contributed by atoms with van der Waals surface area (Å²) in [5.74, 6) is 0.748. The quantitative estimate of drug-likeness (QED) is 0.905. The lowest BCUT2D eigenvalue weighted by Crippen LogP contribution is -2.39. The molecule has 0 aromatic heterocycles. The molecule has 1 amide bonds. The van der Waals surface area contributed by atoms with Gasteiger partial charge >= 0.3 is 6.09 Å². The summed E-state index contributed by atoms with van der Waals surface area (Å²) in [4.78, 5) is 14.2. The average Bonchev–Trinajstić information content (AvgIpc) is 2.46. The van der Waals surface area contributed by atoms with Crippen LogP contribution in [-0.2, 0) is 4.74 Å². The standard InChI is InChI=1S/C17H25FN2O2S/c1-17(2,3)22-16(21)20(4)10-9-19-14-8-11-23-15-12(14)6-5-7-13(15)18/h5-7,14,19H,8-11H2,1-4H3. The first-order valence-electron chi connectivity index (χ1n) is 7.86. The van der Waals surface area contributed by atoms with Gasteiger partial charge in [-0.2, -0.15) is 0 Å². The molecule has 0 fully saturated rings. The zero-order valence-electron chi connectivity index (χ0n) is 14.2. The molecule has 4 nitrogen and oxygen atoms in total. The Hall–Kier alpha value is -1.27. The molecule has 1 heterocycles. The summed E-state index contributed by atoms with van der Waals surface area (Å²) >= 11 is 1.57. The number of fused-ring (bicyclic) bond motifs is 1. The number of amides is 1. The average molecular weight is 340 g/mol. The first-order valence-corrected chi connectivity index (χ1v) is 8.85. The largest absolute Gasteiger partial charge is 0.444 e. The van der Waals surface area contributed by atoms with E-state index >= 15 is 0 Å². The SMILES string of the molecule is CN(CCNC1CCSc2c(F)cccc21)C(=O)OC(C)(C)C. The molecule has 1 N–H and O–H groups in total. The summed E-state index contributed by atoms with van der Waals surface area (Å²) in [5, 5.41) is 3.42. The van der Waals surface area contributed by atoms with Crippen molar-refractivity contribution in [3.63, 3.8) is 0 Å². The number of thioether (sulfide) groups is 1. The third-order valence-corrected chi connectivity index (χ3v) is 4.73. The van der Waals surface area contributed by atoms with Gasteiger partial charge in [-0.15, -0.1) is 11.8 Å². The minimum Gasteiger partial charge on any atom is -0.444 e. The lowest BCUT2D eigenvalue weighted by molar-refractivity contribution is 0.0299. The number of halogens is 1. The maximum absolute atomic E-state index is 13.8. The van der Waals surface area contributed by atoms with E-state index in [1.54, 1.807) is 29.8 Å². The van der Waals surface area contributed by atoms with Crippen LogP contribution in [0.2, 0.25) is 0 Å². The highest BCUT2D eigenvalue weighted by Gasteiger charge is 2.23. The van der Waals surface area contributed by atoms with Gasteiger partial charge in [0, 0.05) is 31.1 Å². The third kappa shape index (κ3) is 5.11. The van der Waals surface area contributed by atoms with E-state index in [0.717, 1.165) is 22.6 Å². The minimum atomic E-state index is -0.490. The normalized spacial score (nSPS) is 17.5. The second kappa shape index (κ2) is 7.53. The Balaban J connectivity index is 1.86. The van der Waals surface area contributed by atoms with Crippen LogP contribution in [0.5, 0.6) is 0 Å². The molecule has 0 saturated carbocycles. The second-order valence-corrected chi connectivity index (χ2v) is 7.81. The van der Waals surface area contributed by atoms with Gasteiger partial charge < -0.3 is 15.0 Å². The first kappa shape index (κ1) is 18.1. The topological polar surface area (TPSA) is 41.6 Å². The highest BCUT2D eigenvalue weighted by Crippen LogP contribution is 2.37. The highest BCUT2D eigenvalue weighted by molar-refractivity contribution is 7.99. The lowest BCUT2D eigenvalue weighted by atomic mass is 10.0. The zero-order valence-corrected chi connectivity index (χ0v) is 15.0. The van der Waals surface area contributed by atoms with Gasteiger partial charge in [0.15, 0.2) is 0 Å². The van der Waals surface area contributed by atoms with Crippen molar-refractivity contribution in [1.82, 2.24) is 10.2 Å². The van der Waals surface area contributed by atoms with Gasteiger partial charge in [-0.3, -0.25) is 0 Å². The summed E-state index contributed by atoms with van der Waals surface area (Å²) in [6, 6.07) is 5.36. The number of likely N-dealkylation sites (N-methyl/N-ethyl adjacent to an activating group) is 1. The number of hydrogen-bond acceptors (Lipinski definition) is 4.